The van der Waals surface area contributed by atoms with Crippen molar-refractivity contribution in [1.82, 2.24) is 5.32 Å². The van der Waals surface area contributed by atoms with E-state index in [2.05, 4.69) is 22.3 Å². The number of primary sulfonamides is 1. The summed E-state index contributed by atoms with van der Waals surface area (Å²) in [5.74, 6) is 0.974. The molecule has 0 bridgehead atoms. The van der Waals surface area contributed by atoms with Gasteiger partial charge in [-0.05, 0) is 48.9 Å². The van der Waals surface area contributed by atoms with E-state index in [9.17, 15) is 13.2 Å². The molecule has 3 rings (SSSR count). The molecule has 8 heteroatoms. The van der Waals surface area contributed by atoms with Crippen LogP contribution in [0.15, 0.2) is 58.3 Å². The molecule has 27 heavy (non-hydrogen) atoms. The van der Waals surface area contributed by atoms with Crippen LogP contribution in [0.2, 0.25) is 0 Å². The lowest BCUT2D eigenvalue weighted by molar-refractivity contribution is -0.120. The highest BCUT2D eigenvalue weighted by Crippen LogP contribution is 2.33. The largest absolute Gasteiger partial charge is 0.361 e. The summed E-state index contributed by atoms with van der Waals surface area (Å²) >= 11 is 1.82. The van der Waals surface area contributed by atoms with Crippen molar-refractivity contribution < 1.29 is 13.2 Å². The van der Waals surface area contributed by atoms with Crippen molar-refractivity contribution >= 4 is 33.4 Å². The average molecular weight is 406 g/mol. The van der Waals surface area contributed by atoms with Gasteiger partial charge in [-0.25, -0.2) is 13.6 Å². The molecular formula is C19H23N3O3S2. The predicted molar refractivity (Wildman–Crippen MR) is 108 cm³/mol. The van der Waals surface area contributed by atoms with Crippen molar-refractivity contribution in [3.05, 3.63) is 54.1 Å². The minimum absolute atomic E-state index is 0.0588. The first-order valence-corrected chi connectivity index (χ1v) is 11.3. The van der Waals surface area contributed by atoms with Gasteiger partial charge < -0.3 is 10.2 Å². The molecule has 1 aliphatic rings. The van der Waals surface area contributed by atoms with Gasteiger partial charge in [0, 0.05) is 11.4 Å². The molecule has 1 amide bonds. The Hall–Kier alpha value is -2.03. The number of hydrogen-bond donors (Lipinski definition) is 2. The lowest BCUT2D eigenvalue weighted by atomic mass is 10.1. The lowest BCUT2D eigenvalue weighted by Crippen LogP contribution is -2.38. The number of thioether (sulfide) groups is 1. The summed E-state index contributed by atoms with van der Waals surface area (Å²) in [6.45, 7) is 3.00. The molecule has 0 saturated heterocycles. The van der Waals surface area contributed by atoms with Gasteiger partial charge in [-0.2, -0.15) is 0 Å². The highest BCUT2D eigenvalue weighted by Gasteiger charge is 2.19. The maximum Gasteiger partial charge on any atom is 0.239 e. The van der Waals surface area contributed by atoms with E-state index < -0.39 is 10.0 Å². The summed E-state index contributed by atoms with van der Waals surface area (Å²) in [5, 5.41) is 8.10. The highest BCUT2D eigenvalue weighted by molar-refractivity contribution is 7.99. The van der Waals surface area contributed by atoms with Crippen molar-refractivity contribution in [2.45, 2.75) is 29.2 Å². The molecule has 0 saturated carbocycles. The zero-order valence-electron chi connectivity index (χ0n) is 15.1. The molecule has 0 aliphatic carbocycles. The van der Waals surface area contributed by atoms with E-state index in [0.29, 0.717) is 0 Å². The second-order valence-electron chi connectivity index (χ2n) is 6.49. The Morgan fingerprint density at radius 2 is 1.93 bits per heavy atom. The molecule has 3 N–H and O–H groups in total. The fourth-order valence-electron chi connectivity index (χ4n) is 3.05. The van der Waals surface area contributed by atoms with Crippen LogP contribution in [0.5, 0.6) is 0 Å². The number of benzene rings is 2. The SMILES string of the molecule is C[C@@H](NC(=O)CN1CCCSc2ccccc21)c1ccc(S(N)(=O)=O)cc1. The van der Waals surface area contributed by atoms with E-state index in [1.165, 1.54) is 17.0 Å². The molecule has 1 heterocycles. The number of nitrogens with zero attached hydrogens (tertiary/aromatic N) is 1. The van der Waals surface area contributed by atoms with Gasteiger partial charge in [0.05, 0.1) is 23.2 Å². The van der Waals surface area contributed by atoms with E-state index in [0.717, 1.165) is 30.0 Å². The number of carbonyl (C=O) groups excluding carboxylic acids is 1. The van der Waals surface area contributed by atoms with Crippen LogP contribution in [0.1, 0.15) is 24.9 Å². The zero-order valence-corrected chi connectivity index (χ0v) is 16.7. The van der Waals surface area contributed by atoms with Crippen LogP contribution in [0.3, 0.4) is 0 Å². The van der Waals surface area contributed by atoms with E-state index >= 15 is 0 Å². The normalized spacial score (nSPS) is 15.6. The topological polar surface area (TPSA) is 92.5 Å². The standard InChI is InChI=1S/C19H23N3O3S2/c1-14(15-7-9-16(10-8-15)27(20,24)25)21-19(23)13-22-11-4-12-26-18-6-3-2-5-17(18)22/h2-3,5-10,14H,4,11-13H2,1H3,(H,21,23)(H2,20,24,25)/t14-/m1/s1. The summed E-state index contributed by atoms with van der Waals surface area (Å²) in [6.07, 6.45) is 1.03. The molecular weight excluding hydrogens is 382 g/mol. The Labute approximate surface area is 164 Å². The quantitative estimate of drug-likeness (QED) is 0.797. The van der Waals surface area contributed by atoms with Gasteiger partial charge in [0.1, 0.15) is 0 Å². The Morgan fingerprint density at radius 3 is 2.63 bits per heavy atom. The number of nitrogens with two attached hydrogens (primary N) is 1. The van der Waals surface area contributed by atoms with Gasteiger partial charge in [-0.1, -0.05) is 24.3 Å². The van der Waals surface area contributed by atoms with Crippen molar-refractivity contribution in [3.63, 3.8) is 0 Å². The fourth-order valence-corrected chi connectivity index (χ4v) is 4.58. The van der Waals surface area contributed by atoms with E-state index in [1.54, 1.807) is 12.1 Å². The molecule has 1 atom stereocenters. The number of rotatable bonds is 5. The first kappa shape index (κ1) is 19.7. The maximum atomic E-state index is 12.6. The minimum atomic E-state index is -3.72. The molecule has 6 nitrogen and oxygen atoms in total. The zero-order chi connectivity index (χ0) is 19.4. The number of fused-ring (bicyclic) bond motifs is 1. The number of nitrogens with one attached hydrogen (secondary N) is 1. The second kappa shape index (κ2) is 8.33. The Kier molecular flexibility index (Phi) is 6.08. The Bertz CT molecular complexity index is 914. The predicted octanol–water partition coefficient (Wildman–Crippen LogP) is 2.51. The van der Waals surface area contributed by atoms with Crippen molar-refractivity contribution in [2.24, 2.45) is 5.14 Å². The maximum absolute atomic E-state index is 12.6. The second-order valence-corrected chi connectivity index (χ2v) is 9.19. The van der Waals surface area contributed by atoms with Crippen molar-refractivity contribution in [1.29, 1.82) is 0 Å². The van der Waals surface area contributed by atoms with E-state index in [1.807, 2.05) is 30.8 Å². The van der Waals surface area contributed by atoms with Crippen LogP contribution in [0.4, 0.5) is 5.69 Å². The van der Waals surface area contributed by atoms with Crippen molar-refractivity contribution in [2.75, 3.05) is 23.7 Å². The molecule has 1 aliphatic heterocycles. The first-order valence-electron chi connectivity index (χ1n) is 8.73. The van der Waals surface area contributed by atoms with Crippen LogP contribution in [-0.2, 0) is 14.8 Å². The number of para-hydroxylation sites is 1. The molecule has 0 radical (unpaired) electrons. The first-order chi connectivity index (χ1) is 12.8. The third-order valence-corrected chi connectivity index (χ3v) is 6.53. The van der Waals surface area contributed by atoms with Crippen LogP contribution >= 0.6 is 11.8 Å². The van der Waals surface area contributed by atoms with Gasteiger partial charge in [-0.15, -0.1) is 11.8 Å². The van der Waals surface area contributed by atoms with E-state index in [4.69, 9.17) is 5.14 Å². The third kappa shape index (κ3) is 5.03. The van der Waals surface area contributed by atoms with Crippen molar-refractivity contribution in [3.8, 4) is 0 Å². The average Bonchev–Trinajstić information content (AvgIpc) is 2.83. The van der Waals surface area contributed by atoms with Gasteiger partial charge in [0.2, 0.25) is 15.9 Å². The smallest absolute Gasteiger partial charge is 0.239 e. The number of sulfonamides is 1. The molecule has 2 aromatic carbocycles. The molecule has 0 spiro atoms. The van der Waals surface area contributed by atoms with E-state index in [-0.39, 0.29) is 23.4 Å². The number of hydrogen-bond acceptors (Lipinski definition) is 5. The van der Waals surface area contributed by atoms with Crippen LogP contribution in [0.25, 0.3) is 0 Å². The highest BCUT2D eigenvalue weighted by atomic mass is 32.2. The summed E-state index contributed by atoms with van der Waals surface area (Å²) in [7, 11) is -3.72. The van der Waals surface area contributed by atoms with Gasteiger partial charge in [-0.3, -0.25) is 4.79 Å². The molecule has 0 fully saturated rings. The molecule has 144 valence electrons. The summed E-state index contributed by atoms with van der Waals surface area (Å²) in [6, 6.07) is 14.2. The van der Waals surface area contributed by atoms with Crippen LogP contribution < -0.4 is 15.4 Å². The van der Waals surface area contributed by atoms with Crippen LogP contribution in [0, 0.1) is 0 Å². The lowest BCUT2D eigenvalue weighted by Gasteiger charge is -2.25. The third-order valence-electron chi connectivity index (χ3n) is 4.46. The fraction of sp³-hybridized carbons (Fsp3) is 0.316. The minimum Gasteiger partial charge on any atom is -0.361 e. The number of amides is 1. The monoisotopic (exact) mass is 405 g/mol. The number of carbonyl (C=O) groups is 1. The molecule has 2 aromatic rings. The Morgan fingerprint density at radius 1 is 1.22 bits per heavy atom. The van der Waals surface area contributed by atoms with Crippen LogP contribution in [-0.4, -0.2) is 33.2 Å². The number of anilines is 1. The molecule has 0 aromatic heterocycles. The van der Waals surface area contributed by atoms with Gasteiger partial charge in [0.25, 0.3) is 0 Å². The molecule has 0 unspecified atom stereocenters. The Balaban J connectivity index is 1.65. The van der Waals surface area contributed by atoms with Gasteiger partial charge in [0.15, 0.2) is 0 Å². The summed E-state index contributed by atoms with van der Waals surface area (Å²) in [5.41, 5.74) is 1.92. The summed E-state index contributed by atoms with van der Waals surface area (Å²) in [4.78, 5) is 15.9. The van der Waals surface area contributed by atoms with Gasteiger partial charge >= 0.3 is 0 Å². The summed E-state index contributed by atoms with van der Waals surface area (Å²) < 4.78 is 22.7.